The maximum absolute atomic E-state index is 12.0. The van der Waals surface area contributed by atoms with E-state index in [2.05, 4.69) is 5.32 Å². The molecule has 0 aromatic heterocycles. The Hall–Kier alpha value is -2.04. The number of hydrogen-bond donors (Lipinski definition) is 2. The molecule has 2 N–H and O–H groups in total. The zero-order valence-corrected chi connectivity index (χ0v) is 13.9. The van der Waals surface area contributed by atoms with E-state index in [0.717, 1.165) is 30.7 Å². The standard InChI is InChI=1S/C19H25NO4/c21-17(22)16(12-19-9-6-14(7-10-19)8-11-19)20-18(23)24-13-15-4-2-1-3-5-15/h1-5,14,16H,6-13H2,(H,20,23)(H,21,22)/t14?,16-,19?/m0/s1. The third-order valence-electron chi connectivity index (χ3n) is 5.69. The van der Waals surface area contributed by atoms with Crippen molar-refractivity contribution in [3.8, 4) is 0 Å². The molecule has 0 unspecified atom stereocenters. The average Bonchev–Trinajstić information content (AvgIpc) is 2.61. The minimum atomic E-state index is -0.978. The number of aliphatic carboxylic acids is 1. The number of hydrogen-bond acceptors (Lipinski definition) is 3. The molecule has 3 fully saturated rings. The van der Waals surface area contributed by atoms with Crippen molar-refractivity contribution in [3.05, 3.63) is 35.9 Å². The molecule has 1 aromatic rings. The number of rotatable bonds is 6. The molecule has 130 valence electrons. The van der Waals surface area contributed by atoms with Crippen molar-refractivity contribution in [2.75, 3.05) is 0 Å². The van der Waals surface area contributed by atoms with Crippen LogP contribution in [0.4, 0.5) is 4.79 Å². The summed E-state index contributed by atoms with van der Waals surface area (Å²) >= 11 is 0. The molecule has 4 rings (SSSR count). The van der Waals surface area contributed by atoms with Crippen LogP contribution in [0.25, 0.3) is 0 Å². The zero-order valence-electron chi connectivity index (χ0n) is 13.9. The Morgan fingerprint density at radius 1 is 1.17 bits per heavy atom. The summed E-state index contributed by atoms with van der Waals surface area (Å²) < 4.78 is 5.16. The van der Waals surface area contributed by atoms with Crippen LogP contribution in [0.1, 0.15) is 50.5 Å². The fourth-order valence-electron chi connectivity index (χ4n) is 4.19. The molecular weight excluding hydrogens is 306 g/mol. The normalized spacial score (nSPS) is 26.6. The summed E-state index contributed by atoms with van der Waals surface area (Å²) in [6.45, 7) is 0.145. The van der Waals surface area contributed by atoms with Crippen molar-refractivity contribution in [1.29, 1.82) is 0 Å². The summed E-state index contributed by atoms with van der Waals surface area (Å²) in [5, 5.41) is 12.0. The molecule has 0 spiro atoms. The lowest BCUT2D eigenvalue weighted by atomic mass is 9.58. The summed E-state index contributed by atoms with van der Waals surface area (Å²) in [5.41, 5.74) is 0.966. The Labute approximate surface area is 142 Å². The van der Waals surface area contributed by atoms with Gasteiger partial charge in [0.1, 0.15) is 12.6 Å². The second-order valence-electron chi connectivity index (χ2n) is 7.28. The van der Waals surface area contributed by atoms with Gasteiger partial charge in [0.15, 0.2) is 0 Å². The minimum absolute atomic E-state index is 0.0878. The van der Waals surface area contributed by atoms with Gasteiger partial charge < -0.3 is 15.2 Å². The topological polar surface area (TPSA) is 75.6 Å². The Morgan fingerprint density at radius 2 is 1.79 bits per heavy atom. The predicted molar refractivity (Wildman–Crippen MR) is 89.4 cm³/mol. The third kappa shape index (κ3) is 4.08. The SMILES string of the molecule is O=C(N[C@@H](CC12CCC(CC1)CC2)C(=O)O)OCc1ccccc1. The lowest BCUT2D eigenvalue weighted by Crippen LogP contribution is -2.46. The fourth-order valence-corrected chi connectivity index (χ4v) is 4.19. The first-order valence-corrected chi connectivity index (χ1v) is 8.76. The van der Waals surface area contributed by atoms with Crippen LogP contribution in [0.3, 0.4) is 0 Å². The van der Waals surface area contributed by atoms with Crippen LogP contribution in [0, 0.1) is 11.3 Å². The summed E-state index contributed by atoms with van der Waals surface area (Å²) in [7, 11) is 0. The summed E-state index contributed by atoms with van der Waals surface area (Å²) in [6, 6.07) is 8.48. The number of ether oxygens (including phenoxy) is 1. The summed E-state index contributed by atoms with van der Waals surface area (Å²) in [6.07, 6.45) is 6.70. The van der Waals surface area contributed by atoms with Gasteiger partial charge in [-0.15, -0.1) is 0 Å². The highest BCUT2D eigenvalue weighted by atomic mass is 16.5. The van der Waals surface area contributed by atoms with Crippen LogP contribution >= 0.6 is 0 Å². The van der Waals surface area contributed by atoms with Crippen molar-refractivity contribution in [2.24, 2.45) is 11.3 Å². The molecule has 1 aromatic carbocycles. The number of carbonyl (C=O) groups is 2. The van der Waals surface area contributed by atoms with E-state index in [1.807, 2.05) is 30.3 Å². The van der Waals surface area contributed by atoms with Crippen LogP contribution < -0.4 is 5.32 Å². The van der Waals surface area contributed by atoms with E-state index in [1.165, 1.54) is 19.3 Å². The highest BCUT2D eigenvalue weighted by molar-refractivity contribution is 5.79. The van der Waals surface area contributed by atoms with E-state index >= 15 is 0 Å². The van der Waals surface area contributed by atoms with Crippen molar-refractivity contribution in [1.82, 2.24) is 5.32 Å². The van der Waals surface area contributed by atoms with Crippen LogP contribution in [-0.2, 0) is 16.1 Å². The average molecular weight is 331 g/mol. The molecule has 0 radical (unpaired) electrons. The maximum atomic E-state index is 12.0. The smallest absolute Gasteiger partial charge is 0.408 e. The lowest BCUT2D eigenvalue weighted by molar-refractivity contribution is -0.141. The number of carboxylic acid groups (broad SMARTS) is 1. The molecule has 5 nitrogen and oxygen atoms in total. The second-order valence-corrected chi connectivity index (χ2v) is 7.28. The Morgan fingerprint density at radius 3 is 2.38 bits per heavy atom. The van der Waals surface area contributed by atoms with E-state index in [1.54, 1.807) is 0 Å². The van der Waals surface area contributed by atoms with E-state index in [4.69, 9.17) is 4.74 Å². The first kappa shape index (κ1) is 16.8. The first-order chi connectivity index (χ1) is 11.6. The Kier molecular flexibility index (Phi) is 5.07. The number of carbonyl (C=O) groups excluding carboxylic acids is 1. The number of alkyl carbamates (subject to hydrolysis) is 1. The van der Waals surface area contributed by atoms with Gasteiger partial charge in [-0.3, -0.25) is 0 Å². The molecule has 5 heteroatoms. The molecule has 0 saturated heterocycles. The van der Waals surface area contributed by atoms with Gasteiger partial charge in [-0.2, -0.15) is 0 Å². The predicted octanol–water partition coefficient (Wildman–Crippen LogP) is 3.73. The summed E-state index contributed by atoms with van der Waals surface area (Å²) in [5.74, 6) is -0.146. The first-order valence-electron chi connectivity index (χ1n) is 8.76. The number of benzene rings is 1. The molecule has 3 aliphatic carbocycles. The van der Waals surface area contributed by atoms with Gasteiger partial charge >= 0.3 is 12.1 Å². The number of fused-ring (bicyclic) bond motifs is 3. The van der Waals surface area contributed by atoms with Crippen molar-refractivity contribution >= 4 is 12.1 Å². The van der Waals surface area contributed by atoms with Gasteiger partial charge in [-0.1, -0.05) is 30.3 Å². The van der Waals surface area contributed by atoms with Crippen LogP contribution in [0.5, 0.6) is 0 Å². The van der Waals surface area contributed by atoms with Crippen LogP contribution in [-0.4, -0.2) is 23.2 Å². The Balaban J connectivity index is 1.53. The Bertz CT molecular complexity index is 565. The largest absolute Gasteiger partial charge is 0.480 e. The van der Waals surface area contributed by atoms with Crippen molar-refractivity contribution in [3.63, 3.8) is 0 Å². The molecule has 0 heterocycles. The number of amides is 1. The minimum Gasteiger partial charge on any atom is -0.480 e. The van der Waals surface area contributed by atoms with Gasteiger partial charge in [0.2, 0.25) is 0 Å². The molecule has 3 saturated carbocycles. The van der Waals surface area contributed by atoms with E-state index in [0.29, 0.717) is 6.42 Å². The molecule has 1 atom stereocenters. The molecule has 0 aliphatic heterocycles. The third-order valence-corrected chi connectivity index (χ3v) is 5.69. The fraction of sp³-hybridized carbons (Fsp3) is 0.579. The van der Waals surface area contributed by atoms with Crippen molar-refractivity contribution in [2.45, 2.75) is 57.6 Å². The van der Waals surface area contributed by atoms with E-state index in [9.17, 15) is 14.7 Å². The maximum Gasteiger partial charge on any atom is 0.408 e. The summed E-state index contributed by atoms with van der Waals surface area (Å²) in [4.78, 5) is 23.6. The molecule has 1 amide bonds. The highest BCUT2D eigenvalue weighted by Gasteiger charge is 2.43. The number of nitrogens with one attached hydrogen (secondary N) is 1. The van der Waals surface area contributed by atoms with Gasteiger partial charge in [-0.25, -0.2) is 9.59 Å². The van der Waals surface area contributed by atoms with Gasteiger partial charge in [0, 0.05) is 0 Å². The van der Waals surface area contributed by atoms with E-state index < -0.39 is 18.1 Å². The lowest BCUT2D eigenvalue weighted by Gasteiger charge is -2.47. The zero-order chi connectivity index (χ0) is 17.0. The monoisotopic (exact) mass is 331 g/mol. The van der Waals surface area contributed by atoms with E-state index in [-0.39, 0.29) is 12.0 Å². The van der Waals surface area contributed by atoms with Crippen LogP contribution in [0.2, 0.25) is 0 Å². The second kappa shape index (κ2) is 7.24. The van der Waals surface area contributed by atoms with Gasteiger partial charge in [0.05, 0.1) is 0 Å². The molecule has 24 heavy (non-hydrogen) atoms. The van der Waals surface area contributed by atoms with Crippen molar-refractivity contribution < 1.29 is 19.4 Å². The molecule has 3 aliphatic rings. The quantitative estimate of drug-likeness (QED) is 0.833. The van der Waals surface area contributed by atoms with Crippen LogP contribution in [0.15, 0.2) is 30.3 Å². The van der Waals surface area contributed by atoms with Gasteiger partial charge in [0.25, 0.3) is 0 Å². The molecule has 2 bridgehead atoms. The van der Waals surface area contributed by atoms with Gasteiger partial charge in [-0.05, 0) is 61.8 Å². The molecular formula is C19H25NO4. The number of carboxylic acids is 1. The highest BCUT2D eigenvalue weighted by Crippen LogP contribution is 2.52.